The first kappa shape index (κ1) is 7.58. The van der Waals surface area contributed by atoms with Gasteiger partial charge >= 0.3 is 0 Å². The van der Waals surface area contributed by atoms with E-state index >= 15 is 0 Å². The van der Waals surface area contributed by atoms with E-state index in [-0.39, 0.29) is 0 Å². The van der Waals surface area contributed by atoms with Crippen molar-refractivity contribution in [2.75, 3.05) is 5.73 Å². The van der Waals surface area contributed by atoms with Crippen LogP contribution in [0.1, 0.15) is 5.56 Å². The fourth-order valence-electron chi connectivity index (χ4n) is 0.872. The number of anilines is 1. The maximum absolute atomic E-state index is 9.87. The molecule has 11 heavy (non-hydrogen) atoms. The first-order valence-corrected chi connectivity index (χ1v) is 3.37. The summed E-state index contributed by atoms with van der Waals surface area (Å²) < 4.78 is 0. The largest absolute Gasteiger partial charge is 0.398 e. The summed E-state index contributed by atoms with van der Waals surface area (Å²) in [6.45, 7) is 0. The molecule has 2 N–H and O–H groups in total. The van der Waals surface area contributed by atoms with Crippen molar-refractivity contribution in [1.29, 1.82) is 0 Å². The number of benzene rings is 1. The van der Waals surface area contributed by atoms with Crippen molar-refractivity contribution in [3.05, 3.63) is 35.9 Å². The quantitative estimate of drug-likeness (QED) is 0.504. The lowest BCUT2D eigenvalue weighted by molar-refractivity contribution is 0.568. The topological polar surface area (TPSA) is 43.1 Å². The molecule has 2 nitrogen and oxygen atoms in total. The van der Waals surface area contributed by atoms with Gasteiger partial charge in [0.25, 0.3) is 0 Å². The maximum Gasteiger partial charge on any atom is 0.120 e. The van der Waals surface area contributed by atoms with Crippen LogP contribution in [0.15, 0.2) is 30.3 Å². The van der Waals surface area contributed by atoms with Crippen LogP contribution in [0, 0.1) is 0 Å². The van der Waals surface area contributed by atoms with Crippen LogP contribution in [0.2, 0.25) is 0 Å². The Morgan fingerprint density at radius 2 is 2.18 bits per heavy atom. The number of hydrogen-bond acceptors (Lipinski definition) is 2. The second kappa shape index (κ2) is 3.59. The summed E-state index contributed by atoms with van der Waals surface area (Å²) in [6.07, 6.45) is 1.99. The van der Waals surface area contributed by atoms with Gasteiger partial charge in [0.2, 0.25) is 0 Å². The van der Waals surface area contributed by atoms with Crippen LogP contribution in [-0.2, 0) is 11.2 Å². The van der Waals surface area contributed by atoms with Gasteiger partial charge in [-0.3, -0.25) is 0 Å². The van der Waals surface area contributed by atoms with Gasteiger partial charge in [-0.1, -0.05) is 18.2 Å². The third-order valence-electron chi connectivity index (χ3n) is 1.46. The van der Waals surface area contributed by atoms with E-state index in [0.29, 0.717) is 6.42 Å². The highest BCUT2D eigenvalue weighted by atomic mass is 16.1. The SMILES string of the molecule is Nc1ccccc1CC=C=O. The number of allylic oxidation sites excluding steroid dienone is 1. The Bertz CT molecular complexity index is 287. The van der Waals surface area contributed by atoms with E-state index in [2.05, 4.69) is 0 Å². The summed E-state index contributed by atoms with van der Waals surface area (Å²) >= 11 is 0. The van der Waals surface area contributed by atoms with Gasteiger partial charge in [0.1, 0.15) is 5.94 Å². The minimum atomic E-state index is 0.566. The Labute approximate surface area is 65.3 Å². The summed E-state index contributed by atoms with van der Waals surface area (Å²) in [5.74, 6) is 1.71. The predicted octanol–water partition coefficient (Wildman–Crippen LogP) is 1.20. The van der Waals surface area contributed by atoms with Crippen LogP contribution in [0.4, 0.5) is 5.69 Å². The van der Waals surface area contributed by atoms with Crippen LogP contribution in [0.25, 0.3) is 0 Å². The standard InChI is InChI=1S/C9H9NO/c10-9-6-2-1-4-8(9)5-3-7-11/h1-4,6H,5,10H2. The zero-order chi connectivity index (χ0) is 8.10. The van der Waals surface area contributed by atoms with Crippen molar-refractivity contribution in [2.24, 2.45) is 0 Å². The Hall–Kier alpha value is -1.53. The zero-order valence-electron chi connectivity index (χ0n) is 6.08. The molecule has 0 aliphatic heterocycles. The third kappa shape index (κ3) is 1.95. The van der Waals surface area contributed by atoms with Crippen molar-refractivity contribution in [3.63, 3.8) is 0 Å². The zero-order valence-corrected chi connectivity index (χ0v) is 6.08. The maximum atomic E-state index is 9.87. The van der Waals surface area contributed by atoms with Gasteiger partial charge in [0.15, 0.2) is 0 Å². The number of carbonyl (C=O) groups excluding carboxylic acids is 1. The van der Waals surface area contributed by atoms with Gasteiger partial charge in [-0.25, -0.2) is 4.79 Å². The molecule has 0 saturated heterocycles. The molecule has 0 spiro atoms. The first-order chi connectivity index (χ1) is 5.34. The minimum absolute atomic E-state index is 0.566. The van der Waals surface area contributed by atoms with E-state index in [1.54, 1.807) is 5.94 Å². The van der Waals surface area contributed by atoms with E-state index in [1.165, 1.54) is 6.08 Å². The lowest BCUT2D eigenvalue weighted by Gasteiger charge is -1.98. The molecule has 0 fully saturated rings. The van der Waals surface area contributed by atoms with E-state index in [0.717, 1.165) is 11.3 Å². The fourth-order valence-corrected chi connectivity index (χ4v) is 0.872. The summed E-state index contributed by atoms with van der Waals surface area (Å²) in [5, 5.41) is 0. The van der Waals surface area contributed by atoms with Gasteiger partial charge < -0.3 is 5.73 Å². The molecule has 1 rings (SSSR count). The normalized spacial score (nSPS) is 8.73. The molecule has 0 aliphatic rings. The molecule has 1 aromatic rings. The molecule has 0 aromatic heterocycles. The predicted molar refractivity (Wildman–Crippen MR) is 44.8 cm³/mol. The molecule has 2 heteroatoms. The fraction of sp³-hybridized carbons (Fsp3) is 0.111. The summed E-state index contributed by atoms with van der Waals surface area (Å²) in [7, 11) is 0. The highest BCUT2D eigenvalue weighted by molar-refractivity contribution is 5.51. The molecule has 0 atom stereocenters. The van der Waals surface area contributed by atoms with Gasteiger partial charge in [-0.2, -0.15) is 0 Å². The lowest BCUT2D eigenvalue weighted by atomic mass is 10.1. The van der Waals surface area contributed by atoms with Crippen LogP contribution in [0.5, 0.6) is 0 Å². The highest BCUT2D eigenvalue weighted by Crippen LogP contribution is 2.10. The molecule has 0 amide bonds. The number of nitrogen functional groups attached to an aromatic ring is 1. The van der Waals surface area contributed by atoms with E-state index < -0.39 is 0 Å². The van der Waals surface area contributed by atoms with Crippen molar-refractivity contribution >= 4 is 11.6 Å². The molecule has 0 aliphatic carbocycles. The van der Waals surface area contributed by atoms with Gasteiger partial charge in [-0.05, 0) is 11.6 Å². The minimum Gasteiger partial charge on any atom is -0.398 e. The Morgan fingerprint density at radius 3 is 2.82 bits per heavy atom. The summed E-state index contributed by atoms with van der Waals surface area (Å²) in [6, 6.07) is 7.46. The lowest BCUT2D eigenvalue weighted by Crippen LogP contribution is -1.91. The van der Waals surface area contributed by atoms with E-state index in [9.17, 15) is 4.79 Å². The molecule has 0 heterocycles. The smallest absolute Gasteiger partial charge is 0.120 e. The van der Waals surface area contributed by atoms with Crippen molar-refractivity contribution in [2.45, 2.75) is 6.42 Å². The second-order valence-corrected chi connectivity index (χ2v) is 2.22. The summed E-state index contributed by atoms with van der Waals surface area (Å²) in [5.41, 5.74) is 7.30. The van der Waals surface area contributed by atoms with Crippen LogP contribution < -0.4 is 5.73 Å². The molecule has 0 unspecified atom stereocenters. The molecule has 0 saturated carbocycles. The van der Waals surface area contributed by atoms with Crippen LogP contribution in [0.3, 0.4) is 0 Å². The monoisotopic (exact) mass is 147 g/mol. The Balaban J connectivity index is 2.85. The molecule has 0 radical (unpaired) electrons. The van der Waals surface area contributed by atoms with Crippen molar-refractivity contribution < 1.29 is 4.79 Å². The molecule has 1 aromatic carbocycles. The molecule has 56 valence electrons. The average Bonchev–Trinajstić information content (AvgIpc) is 2.03. The van der Waals surface area contributed by atoms with Crippen molar-refractivity contribution in [1.82, 2.24) is 0 Å². The number of hydrogen-bond donors (Lipinski definition) is 1. The second-order valence-electron chi connectivity index (χ2n) is 2.22. The molecular formula is C9H9NO. The number of para-hydroxylation sites is 1. The number of nitrogens with two attached hydrogens (primary N) is 1. The number of rotatable bonds is 2. The summed E-state index contributed by atoms with van der Waals surface area (Å²) in [4.78, 5) is 9.87. The highest BCUT2D eigenvalue weighted by Gasteiger charge is 1.92. The van der Waals surface area contributed by atoms with Gasteiger partial charge in [0.05, 0.1) is 0 Å². The molecular weight excluding hydrogens is 138 g/mol. The Kier molecular flexibility index (Phi) is 2.47. The van der Waals surface area contributed by atoms with Crippen LogP contribution >= 0.6 is 0 Å². The van der Waals surface area contributed by atoms with Crippen LogP contribution in [-0.4, -0.2) is 5.94 Å². The molecule has 0 bridgehead atoms. The third-order valence-corrected chi connectivity index (χ3v) is 1.46. The van der Waals surface area contributed by atoms with E-state index in [1.807, 2.05) is 24.3 Å². The average molecular weight is 147 g/mol. The van der Waals surface area contributed by atoms with Crippen molar-refractivity contribution in [3.8, 4) is 0 Å². The van der Waals surface area contributed by atoms with Gasteiger partial charge in [-0.15, -0.1) is 0 Å². The van der Waals surface area contributed by atoms with Gasteiger partial charge in [0, 0.05) is 18.2 Å². The van der Waals surface area contributed by atoms with E-state index in [4.69, 9.17) is 5.73 Å². The Morgan fingerprint density at radius 1 is 1.45 bits per heavy atom. The first-order valence-electron chi connectivity index (χ1n) is 3.37.